The van der Waals surface area contributed by atoms with Gasteiger partial charge in [0.05, 0.1) is 0 Å². The van der Waals surface area contributed by atoms with Crippen LogP contribution in [0.5, 0.6) is 0 Å². The molecular formula is C16H32N2. The molecule has 0 aromatic heterocycles. The summed E-state index contributed by atoms with van der Waals surface area (Å²) in [5, 5.41) is 3.87. The number of nitrogens with one attached hydrogen (secondary N) is 1. The van der Waals surface area contributed by atoms with Crippen molar-refractivity contribution >= 4 is 0 Å². The van der Waals surface area contributed by atoms with Gasteiger partial charge in [0.1, 0.15) is 0 Å². The highest BCUT2D eigenvalue weighted by atomic mass is 15.1. The predicted octanol–water partition coefficient (Wildman–Crippen LogP) is 3.13. The molecule has 18 heavy (non-hydrogen) atoms. The lowest BCUT2D eigenvalue weighted by atomic mass is 9.70. The van der Waals surface area contributed by atoms with Gasteiger partial charge in [-0.3, -0.25) is 0 Å². The summed E-state index contributed by atoms with van der Waals surface area (Å²) in [6.07, 6.45) is 6.95. The highest BCUT2D eigenvalue weighted by molar-refractivity contribution is 4.87. The first-order chi connectivity index (χ1) is 8.44. The van der Waals surface area contributed by atoms with Gasteiger partial charge in [0, 0.05) is 12.6 Å². The Hall–Kier alpha value is -0.0800. The molecule has 1 saturated carbocycles. The van der Waals surface area contributed by atoms with Crippen molar-refractivity contribution in [2.45, 2.75) is 58.9 Å². The summed E-state index contributed by atoms with van der Waals surface area (Å²) in [5.41, 5.74) is 0.540. The lowest BCUT2D eigenvalue weighted by Crippen LogP contribution is -2.44. The van der Waals surface area contributed by atoms with Gasteiger partial charge in [0.15, 0.2) is 0 Å². The molecule has 1 heterocycles. The molecule has 1 aliphatic heterocycles. The molecule has 1 N–H and O–H groups in total. The van der Waals surface area contributed by atoms with Gasteiger partial charge in [0.2, 0.25) is 0 Å². The first-order valence-electron chi connectivity index (χ1n) is 7.86. The molecule has 3 atom stereocenters. The van der Waals surface area contributed by atoms with Crippen molar-refractivity contribution in [1.82, 2.24) is 10.2 Å². The maximum absolute atomic E-state index is 3.87. The van der Waals surface area contributed by atoms with Crippen LogP contribution in [0.3, 0.4) is 0 Å². The first-order valence-corrected chi connectivity index (χ1v) is 7.86. The monoisotopic (exact) mass is 252 g/mol. The van der Waals surface area contributed by atoms with Crippen LogP contribution in [0.15, 0.2) is 0 Å². The van der Waals surface area contributed by atoms with Crippen LogP contribution >= 0.6 is 0 Å². The van der Waals surface area contributed by atoms with E-state index in [1.807, 2.05) is 0 Å². The quantitative estimate of drug-likeness (QED) is 0.830. The fraction of sp³-hybridized carbons (Fsp3) is 1.00. The SMILES string of the molecule is CC1CC(NCC2CCCN(C)C2)CC(C)(C)C1. The molecule has 0 radical (unpaired) electrons. The Labute approximate surface area is 114 Å². The number of rotatable bonds is 3. The third kappa shape index (κ3) is 4.24. The van der Waals surface area contributed by atoms with Crippen LogP contribution in [0.25, 0.3) is 0 Å². The second kappa shape index (κ2) is 5.92. The molecule has 0 aromatic carbocycles. The van der Waals surface area contributed by atoms with Gasteiger partial charge in [-0.05, 0) is 69.5 Å². The van der Waals surface area contributed by atoms with Crippen LogP contribution in [0.4, 0.5) is 0 Å². The van der Waals surface area contributed by atoms with Gasteiger partial charge in [-0.15, -0.1) is 0 Å². The molecule has 0 bridgehead atoms. The zero-order valence-corrected chi connectivity index (χ0v) is 12.8. The second-order valence-corrected chi connectivity index (χ2v) is 7.79. The van der Waals surface area contributed by atoms with Gasteiger partial charge in [0.25, 0.3) is 0 Å². The number of likely N-dealkylation sites (tertiary alicyclic amines) is 1. The van der Waals surface area contributed by atoms with E-state index in [9.17, 15) is 0 Å². The third-order valence-electron chi connectivity index (χ3n) is 4.80. The smallest absolute Gasteiger partial charge is 0.00748 e. The van der Waals surface area contributed by atoms with E-state index in [0.717, 1.165) is 17.9 Å². The van der Waals surface area contributed by atoms with E-state index in [-0.39, 0.29) is 0 Å². The zero-order valence-electron chi connectivity index (χ0n) is 12.8. The molecule has 0 spiro atoms. The molecule has 0 amide bonds. The van der Waals surface area contributed by atoms with Gasteiger partial charge in [-0.25, -0.2) is 0 Å². The maximum atomic E-state index is 3.87. The summed E-state index contributed by atoms with van der Waals surface area (Å²) in [5.74, 6) is 1.77. The molecule has 2 rings (SSSR count). The van der Waals surface area contributed by atoms with Crippen molar-refractivity contribution < 1.29 is 0 Å². The molecule has 106 valence electrons. The molecule has 1 saturated heterocycles. The van der Waals surface area contributed by atoms with Crippen molar-refractivity contribution in [2.24, 2.45) is 17.3 Å². The second-order valence-electron chi connectivity index (χ2n) is 7.79. The van der Waals surface area contributed by atoms with E-state index >= 15 is 0 Å². The molecule has 2 aliphatic rings. The molecule has 2 nitrogen and oxygen atoms in total. The number of hydrogen-bond acceptors (Lipinski definition) is 2. The Kier molecular flexibility index (Phi) is 4.71. The van der Waals surface area contributed by atoms with Crippen LogP contribution in [0.2, 0.25) is 0 Å². The van der Waals surface area contributed by atoms with E-state index < -0.39 is 0 Å². The average molecular weight is 252 g/mol. The van der Waals surface area contributed by atoms with E-state index in [2.05, 4.69) is 38.0 Å². The summed E-state index contributed by atoms with van der Waals surface area (Å²) in [6, 6.07) is 0.760. The summed E-state index contributed by atoms with van der Waals surface area (Å²) >= 11 is 0. The Morgan fingerprint density at radius 3 is 2.72 bits per heavy atom. The normalized spacial score (nSPS) is 37.7. The van der Waals surface area contributed by atoms with E-state index in [4.69, 9.17) is 0 Å². The van der Waals surface area contributed by atoms with Gasteiger partial charge in [-0.1, -0.05) is 20.8 Å². The van der Waals surface area contributed by atoms with Crippen LogP contribution < -0.4 is 5.32 Å². The summed E-state index contributed by atoms with van der Waals surface area (Å²) in [4.78, 5) is 2.49. The maximum Gasteiger partial charge on any atom is 0.00748 e. The molecular weight excluding hydrogens is 220 g/mol. The van der Waals surface area contributed by atoms with Crippen molar-refractivity contribution in [1.29, 1.82) is 0 Å². The fourth-order valence-corrected chi connectivity index (χ4v) is 4.27. The largest absolute Gasteiger partial charge is 0.314 e. The van der Waals surface area contributed by atoms with Crippen LogP contribution in [-0.4, -0.2) is 37.6 Å². The topological polar surface area (TPSA) is 15.3 Å². The lowest BCUT2D eigenvalue weighted by molar-refractivity contribution is 0.140. The molecule has 1 aliphatic carbocycles. The molecule has 2 fully saturated rings. The van der Waals surface area contributed by atoms with E-state index in [1.54, 1.807) is 0 Å². The molecule has 3 unspecified atom stereocenters. The van der Waals surface area contributed by atoms with Crippen LogP contribution in [0.1, 0.15) is 52.9 Å². The number of piperidine rings is 1. The molecule has 0 aromatic rings. The third-order valence-corrected chi connectivity index (χ3v) is 4.80. The van der Waals surface area contributed by atoms with E-state index in [1.165, 1.54) is 51.7 Å². The standard InChI is InChI=1S/C16H32N2/c1-13-8-15(10-16(2,3)9-13)17-11-14-6-5-7-18(4)12-14/h13-15,17H,5-12H2,1-4H3. The summed E-state index contributed by atoms with van der Waals surface area (Å²) in [7, 11) is 2.26. The Morgan fingerprint density at radius 2 is 2.06 bits per heavy atom. The van der Waals surface area contributed by atoms with Gasteiger partial charge in [-0.2, -0.15) is 0 Å². The van der Waals surface area contributed by atoms with Crippen molar-refractivity contribution in [2.75, 3.05) is 26.7 Å². The van der Waals surface area contributed by atoms with Gasteiger partial charge >= 0.3 is 0 Å². The van der Waals surface area contributed by atoms with Crippen molar-refractivity contribution in [3.05, 3.63) is 0 Å². The Bertz CT molecular complexity index is 262. The summed E-state index contributed by atoms with van der Waals surface area (Å²) in [6.45, 7) is 11.1. The fourth-order valence-electron chi connectivity index (χ4n) is 4.27. The first kappa shape index (κ1) is 14.3. The minimum Gasteiger partial charge on any atom is -0.314 e. The number of nitrogens with zero attached hydrogens (tertiary/aromatic N) is 1. The minimum absolute atomic E-state index is 0.540. The highest BCUT2D eigenvalue weighted by Crippen LogP contribution is 2.38. The predicted molar refractivity (Wildman–Crippen MR) is 78.8 cm³/mol. The highest BCUT2D eigenvalue weighted by Gasteiger charge is 2.32. The lowest BCUT2D eigenvalue weighted by Gasteiger charge is -2.40. The van der Waals surface area contributed by atoms with E-state index in [0.29, 0.717) is 5.41 Å². The average Bonchev–Trinajstić information content (AvgIpc) is 2.24. The minimum atomic E-state index is 0.540. The van der Waals surface area contributed by atoms with Crippen molar-refractivity contribution in [3.63, 3.8) is 0 Å². The van der Waals surface area contributed by atoms with Crippen LogP contribution in [0, 0.1) is 17.3 Å². The Balaban J connectivity index is 1.75. The zero-order chi connectivity index (χ0) is 13.2. The van der Waals surface area contributed by atoms with Crippen molar-refractivity contribution in [3.8, 4) is 0 Å². The van der Waals surface area contributed by atoms with Crippen LogP contribution in [-0.2, 0) is 0 Å². The number of hydrogen-bond donors (Lipinski definition) is 1. The Morgan fingerprint density at radius 1 is 1.28 bits per heavy atom. The van der Waals surface area contributed by atoms with Gasteiger partial charge < -0.3 is 10.2 Å². The summed E-state index contributed by atoms with van der Waals surface area (Å²) < 4.78 is 0. The molecule has 2 heteroatoms.